The van der Waals surface area contributed by atoms with E-state index in [1.807, 2.05) is 0 Å². The molecule has 1 aliphatic rings. The van der Waals surface area contributed by atoms with Crippen LogP contribution in [0.5, 0.6) is 0 Å². The molecular weight excluding hydrogens is 178 g/mol. The van der Waals surface area contributed by atoms with Gasteiger partial charge < -0.3 is 4.42 Å². The van der Waals surface area contributed by atoms with Gasteiger partial charge in [-0.15, -0.1) is 0 Å². The smallest absolute Gasteiger partial charge is 0.259 e. The second-order valence-electron chi connectivity index (χ2n) is 3.92. The van der Waals surface area contributed by atoms with Crippen molar-refractivity contribution in [1.82, 2.24) is 4.98 Å². The van der Waals surface area contributed by atoms with Crippen molar-refractivity contribution >= 4 is 6.29 Å². The predicted molar refractivity (Wildman–Crippen MR) is 52.3 cm³/mol. The number of aromatic nitrogens is 1. The summed E-state index contributed by atoms with van der Waals surface area (Å²) in [6.07, 6.45) is 9.88. The maximum atomic E-state index is 10.4. The minimum atomic E-state index is 0.212. The second-order valence-corrected chi connectivity index (χ2v) is 3.92. The number of nitrogens with zero attached hydrogens (tertiary/aromatic N) is 1. The molecule has 1 fully saturated rings. The lowest BCUT2D eigenvalue weighted by Crippen LogP contribution is -1.97. The van der Waals surface area contributed by atoms with E-state index in [0.29, 0.717) is 12.2 Å². The Morgan fingerprint density at radius 2 is 2.00 bits per heavy atom. The first-order valence-electron chi connectivity index (χ1n) is 5.31. The van der Waals surface area contributed by atoms with Crippen LogP contribution in [-0.4, -0.2) is 11.3 Å². The minimum absolute atomic E-state index is 0.212. The van der Waals surface area contributed by atoms with E-state index in [2.05, 4.69) is 4.98 Å². The normalized spacial score (nSPS) is 19.1. The molecule has 1 aliphatic carbocycles. The molecule has 1 saturated carbocycles. The molecule has 2 rings (SSSR count). The van der Waals surface area contributed by atoms with Gasteiger partial charge in [-0.2, -0.15) is 0 Å². The van der Waals surface area contributed by atoms with E-state index in [-0.39, 0.29) is 5.89 Å². The van der Waals surface area contributed by atoms with Crippen molar-refractivity contribution in [1.29, 1.82) is 0 Å². The van der Waals surface area contributed by atoms with Gasteiger partial charge in [-0.25, -0.2) is 4.98 Å². The van der Waals surface area contributed by atoms with Crippen molar-refractivity contribution in [2.24, 2.45) is 0 Å². The summed E-state index contributed by atoms with van der Waals surface area (Å²) in [5, 5.41) is 0. The molecule has 0 aromatic carbocycles. The Balaban J connectivity index is 2.08. The highest BCUT2D eigenvalue weighted by molar-refractivity contribution is 5.67. The average Bonchev–Trinajstić information content (AvgIpc) is 2.53. The lowest BCUT2D eigenvalue weighted by Gasteiger charge is -2.08. The number of aldehydes is 1. The van der Waals surface area contributed by atoms with Crippen molar-refractivity contribution in [3.63, 3.8) is 0 Å². The molecule has 0 radical (unpaired) electrons. The SMILES string of the molecule is O=Cc1nc(C2CCCCCC2)co1. The van der Waals surface area contributed by atoms with E-state index >= 15 is 0 Å². The molecule has 3 nitrogen and oxygen atoms in total. The molecule has 0 N–H and O–H groups in total. The summed E-state index contributed by atoms with van der Waals surface area (Å²) in [6, 6.07) is 0. The van der Waals surface area contributed by atoms with Crippen LogP contribution in [0.1, 0.15) is 60.8 Å². The summed E-state index contributed by atoms with van der Waals surface area (Å²) in [7, 11) is 0. The first-order chi connectivity index (χ1) is 6.90. The Morgan fingerprint density at radius 3 is 2.57 bits per heavy atom. The third-order valence-electron chi connectivity index (χ3n) is 2.91. The molecule has 1 aromatic heterocycles. The standard InChI is InChI=1S/C11H15NO2/c13-7-11-12-10(8-14-11)9-5-3-1-2-4-6-9/h7-9H,1-6H2. The summed E-state index contributed by atoms with van der Waals surface area (Å²) in [6.45, 7) is 0. The summed E-state index contributed by atoms with van der Waals surface area (Å²) in [5.74, 6) is 0.721. The Hall–Kier alpha value is -1.12. The molecule has 0 spiro atoms. The quantitative estimate of drug-likeness (QED) is 0.535. The van der Waals surface area contributed by atoms with Crippen LogP contribution in [0.25, 0.3) is 0 Å². The van der Waals surface area contributed by atoms with Crippen molar-refractivity contribution < 1.29 is 9.21 Å². The van der Waals surface area contributed by atoms with Crippen molar-refractivity contribution in [2.45, 2.75) is 44.4 Å². The van der Waals surface area contributed by atoms with Crippen LogP contribution in [0, 0.1) is 0 Å². The monoisotopic (exact) mass is 193 g/mol. The fourth-order valence-electron chi connectivity index (χ4n) is 2.12. The summed E-state index contributed by atoms with van der Waals surface area (Å²) in [5.41, 5.74) is 0.967. The molecule has 1 heterocycles. The third-order valence-corrected chi connectivity index (χ3v) is 2.91. The molecule has 76 valence electrons. The Kier molecular flexibility index (Phi) is 2.96. The lowest BCUT2D eigenvalue weighted by molar-refractivity contribution is 0.109. The van der Waals surface area contributed by atoms with Gasteiger partial charge in [-0.1, -0.05) is 25.7 Å². The summed E-state index contributed by atoms with van der Waals surface area (Å²) < 4.78 is 5.03. The van der Waals surface area contributed by atoms with Gasteiger partial charge in [-0.3, -0.25) is 4.79 Å². The summed E-state index contributed by atoms with van der Waals surface area (Å²) >= 11 is 0. The minimum Gasteiger partial charge on any atom is -0.442 e. The molecule has 1 aromatic rings. The number of oxazole rings is 1. The van der Waals surface area contributed by atoms with Crippen LogP contribution < -0.4 is 0 Å². The molecular formula is C11H15NO2. The average molecular weight is 193 g/mol. The highest BCUT2D eigenvalue weighted by atomic mass is 16.3. The predicted octanol–water partition coefficient (Wildman–Crippen LogP) is 2.92. The largest absolute Gasteiger partial charge is 0.442 e. The molecule has 0 atom stereocenters. The van der Waals surface area contributed by atoms with Gasteiger partial charge in [-0.05, 0) is 12.8 Å². The first kappa shape index (κ1) is 9.44. The van der Waals surface area contributed by atoms with Crippen LogP contribution in [0.2, 0.25) is 0 Å². The molecule has 0 aliphatic heterocycles. The van der Waals surface area contributed by atoms with Gasteiger partial charge in [0, 0.05) is 5.92 Å². The van der Waals surface area contributed by atoms with Gasteiger partial charge in [0.1, 0.15) is 6.26 Å². The van der Waals surface area contributed by atoms with Crippen LogP contribution in [0.15, 0.2) is 10.7 Å². The van der Waals surface area contributed by atoms with Gasteiger partial charge in [0.2, 0.25) is 6.29 Å². The van der Waals surface area contributed by atoms with Crippen LogP contribution in [-0.2, 0) is 0 Å². The van der Waals surface area contributed by atoms with E-state index in [1.54, 1.807) is 6.26 Å². The summed E-state index contributed by atoms with van der Waals surface area (Å²) in [4.78, 5) is 14.6. The number of rotatable bonds is 2. The van der Waals surface area contributed by atoms with Gasteiger partial charge in [0.05, 0.1) is 5.69 Å². The van der Waals surface area contributed by atoms with Crippen molar-refractivity contribution in [2.75, 3.05) is 0 Å². The van der Waals surface area contributed by atoms with E-state index in [0.717, 1.165) is 5.69 Å². The molecule has 0 saturated heterocycles. The first-order valence-corrected chi connectivity index (χ1v) is 5.31. The Labute approximate surface area is 83.5 Å². The fourth-order valence-corrected chi connectivity index (χ4v) is 2.12. The zero-order valence-electron chi connectivity index (χ0n) is 8.24. The topological polar surface area (TPSA) is 43.1 Å². The number of hydrogen-bond acceptors (Lipinski definition) is 3. The molecule has 0 bridgehead atoms. The Morgan fingerprint density at radius 1 is 1.29 bits per heavy atom. The molecule has 0 amide bonds. The van der Waals surface area contributed by atoms with E-state index in [1.165, 1.54) is 38.5 Å². The van der Waals surface area contributed by atoms with Crippen molar-refractivity contribution in [3.8, 4) is 0 Å². The maximum Gasteiger partial charge on any atom is 0.259 e. The molecule has 14 heavy (non-hydrogen) atoms. The van der Waals surface area contributed by atoms with Gasteiger partial charge in [0.25, 0.3) is 5.89 Å². The number of carbonyl (C=O) groups excluding carboxylic acids is 1. The highest BCUT2D eigenvalue weighted by Gasteiger charge is 2.17. The fraction of sp³-hybridized carbons (Fsp3) is 0.636. The highest BCUT2D eigenvalue weighted by Crippen LogP contribution is 2.30. The van der Waals surface area contributed by atoms with E-state index in [4.69, 9.17) is 4.42 Å². The maximum absolute atomic E-state index is 10.4. The van der Waals surface area contributed by atoms with E-state index < -0.39 is 0 Å². The van der Waals surface area contributed by atoms with E-state index in [9.17, 15) is 4.79 Å². The van der Waals surface area contributed by atoms with Crippen molar-refractivity contribution in [3.05, 3.63) is 17.8 Å². The van der Waals surface area contributed by atoms with Crippen LogP contribution in [0.3, 0.4) is 0 Å². The third kappa shape index (κ3) is 2.03. The van der Waals surface area contributed by atoms with Gasteiger partial charge in [0.15, 0.2) is 0 Å². The molecule has 3 heteroatoms. The molecule has 0 unspecified atom stereocenters. The van der Waals surface area contributed by atoms with Crippen LogP contribution in [0.4, 0.5) is 0 Å². The van der Waals surface area contributed by atoms with Crippen LogP contribution >= 0.6 is 0 Å². The second kappa shape index (κ2) is 4.40. The number of carbonyl (C=O) groups is 1. The zero-order chi connectivity index (χ0) is 9.80. The zero-order valence-corrected chi connectivity index (χ0v) is 8.24. The lowest BCUT2D eigenvalue weighted by atomic mass is 9.97. The number of hydrogen-bond donors (Lipinski definition) is 0. The Bertz CT molecular complexity index is 298. The van der Waals surface area contributed by atoms with Gasteiger partial charge >= 0.3 is 0 Å².